The van der Waals surface area contributed by atoms with Crippen LogP contribution in [-0.2, 0) is 6.42 Å². The Bertz CT molecular complexity index is 1310. The molecule has 0 aliphatic carbocycles. The van der Waals surface area contributed by atoms with E-state index < -0.39 is 0 Å². The van der Waals surface area contributed by atoms with Crippen LogP contribution in [0.2, 0.25) is 0 Å². The van der Waals surface area contributed by atoms with Crippen molar-refractivity contribution in [1.29, 1.82) is 0 Å². The third kappa shape index (κ3) is 5.80. The SMILES string of the molecule is CCOc1cccc(C(=O)NC(=S)Nc2ccc(Cc3nc4cc(C(C)C)ccc4o3)cc2)c1. The molecule has 1 aromatic heterocycles. The van der Waals surface area contributed by atoms with E-state index in [9.17, 15) is 4.79 Å². The number of nitrogens with zero attached hydrogens (tertiary/aromatic N) is 1. The molecule has 0 unspecified atom stereocenters. The Morgan fingerprint density at radius 3 is 2.62 bits per heavy atom. The van der Waals surface area contributed by atoms with E-state index in [0.29, 0.717) is 36.1 Å². The second-order valence-corrected chi connectivity index (χ2v) is 8.64. The van der Waals surface area contributed by atoms with Crippen LogP contribution in [0, 0.1) is 0 Å². The van der Waals surface area contributed by atoms with Crippen molar-refractivity contribution in [3.05, 3.63) is 89.3 Å². The number of hydrogen-bond acceptors (Lipinski definition) is 5. The van der Waals surface area contributed by atoms with Crippen molar-refractivity contribution in [3.63, 3.8) is 0 Å². The molecule has 0 saturated heterocycles. The fraction of sp³-hybridized carbons (Fsp3) is 0.222. The van der Waals surface area contributed by atoms with E-state index in [4.69, 9.17) is 21.4 Å². The number of amides is 1. The maximum Gasteiger partial charge on any atom is 0.257 e. The maximum absolute atomic E-state index is 12.5. The molecule has 0 aliphatic rings. The predicted octanol–water partition coefficient (Wildman–Crippen LogP) is 6.07. The van der Waals surface area contributed by atoms with Crippen molar-refractivity contribution in [2.45, 2.75) is 33.1 Å². The van der Waals surface area contributed by atoms with Gasteiger partial charge < -0.3 is 14.5 Å². The Hall–Kier alpha value is -3.71. The highest BCUT2D eigenvalue weighted by Gasteiger charge is 2.11. The van der Waals surface area contributed by atoms with Crippen molar-refractivity contribution >= 4 is 40.0 Å². The fourth-order valence-corrected chi connectivity index (χ4v) is 3.75. The molecule has 1 heterocycles. The van der Waals surface area contributed by atoms with Crippen LogP contribution in [0.4, 0.5) is 5.69 Å². The van der Waals surface area contributed by atoms with Gasteiger partial charge in [0.1, 0.15) is 11.3 Å². The number of aromatic nitrogens is 1. The molecule has 0 spiro atoms. The summed E-state index contributed by atoms with van der Waals surface area (Å²) in [6.07, 6.45) is 0.587. The number of benzene rings is 3. The van der Waals surface area contributed by atoms with Crippen LogP contribution in [0.5, 0.6) is 5.75 Å². The molecule has 3 aromatic carbocycles. The molecular formula is C27H27N3O3S. The van der Waals surface area contributed by atoms with Crippen LogP contribution in [0.3, 0.4) is 0 Å². The molecule has 0 fully saturated rings. The first-order chi connectivity index (χ1) is 16.4. The number of thiocarbonyl (C=S) groups is 1. The molecule has 0 bridgehead atoms. The molecule has 0 radical (unpaired) electrons. The van der Waals surface area contributed by atoms with Gasteiger partial charge in [-0.1, -0.05) is 38.1 Å². The van der Waals surface area contributed by atoms with Crippen LogP contribution in [0.1, 0.15) is 54.1 Å². The molecule has 7 heteroatoms. The first-order valence-electron chi connectivity index (χ1n) is 11.2. The zero-order chi connectivity index (χ0) is 24.1. The summed E-state index contributed by atoms with van der Waals surface area (Å²) in [6, 6.07) is 20.9. The fourth-order valence-electron chi connectivity index (χ4n) is 3.54. The number of nitrogens with one attached hydrogen (secondary N) is 2. The number of hydrogen-bond donors (Lipinski definition) is 2. The van der Waals surface area contributed by atoms with Crippen molar-refractivity contribution in [1.82, 2.24) is 10.3 Å². The van der Waals surface area contributed by atoms with Gasteiger partial charge in [-0.15, -0.1) is 0 Å². The second-order valence-electron chi connectivity index (χ2n) is 8.23. The minimum Gasteiger partial charge on any atom is -0.494 e. The lowest BCUT2D eigenvalue weighted by atomic mass is 10.0. The van der Waals surface area contributed by atoms with Crippen LogP contribution in [0.15, 0.2) is 71.1 Å². The van der Waals surface area contributed by atoms with Gasteiger partial charge in [0.2, 0.25) is 0 Å². The molecule has 174 valence electrons. The lowest BCUT2D eigenvalue weighted by Gasteiger charge is -2.11. The monoisotopic (exact) mass is 473 g/mol. The Morgan fingerprint density at radius 2 is 1.88 bits per heavy atom. The first kappa shape index (κ1) is 23.4. The summed E-state index contributed by atoms with van der Waals surface area (Å²) in [5.41, 5.74) is 5.23. The van der Waals surface area contributed by atoms with Crippen molar-refractivity contribution < 1.29 is 13.9 Å². The predicted molar refractivity (Wildman–Crippen MR) is 139 cm³/mol. The van der Waals surface area contributed by atoms with Gasteiger partial charge in [-0.25, -0.2) is 4.98 Å². The molecule has 6 nitrogen and oxygen atoms in total. The Labute approximate surface area is 204 Å². The van der Waals surface area contributed by atoms with Gasteiger partial charge in [-0.3, -0.25) is 10.1 Å². The summed E-state index contributed by atoms with van der Waals surface area (Å²) in [5, 5.41) is 5.96. The number of anilines is 1. The molecule has 2 N–H and O–H groups in total. The third-order valence-electron chi connectivity index (χ3n) is 5.32. The second kappa shape index (κ2) is 10.5. The number of carbonyl (C=O) groups is 1. The molecule has 4 rings (SSSR count). The van der Waals surface area contributed by atoms with E-state index in [-0.39, 0.29) is 11.0 Å². The smallest absolute Gasteiger partial charge is 0.257 e. The van der Waals surface area contributed by atoms with Gasteiger partial charge in [-0.2, -0.15) is 0 Å². The van der Waals surface area contributed by atoms with Crippen LogP contribution >= 0.6 is 12.2 Å². The molecule has 1 amide bonds. The van der Waals surface area contributed by atoms with Gasteiger partial charge in [-0.05, 0) is 78.7 Å². The van der Waals surface area contributed by atoms with Gasteiger partial charge in [0.15, 0.2) is 16.6 Å². The normalized spacial score (nSPS) is 10.9. The van der Waals surface area contributed by atoms with Crippen LogP contribution in [-0.4, -0.2) is 22.6 Å². The molecule has 4 aromatic rings. The zero-order valence-electron chi connectivity index (χ0n) is 19.4. The summed E-state index contributed by atoms with van der Waals surface area (Å²) < 4.78 is 11.4. The van der Waals surface area contributed by atoms with Crippen molar-refractivity contribution in [3.8, 4) is 5.75 Å². The molecule has 0 aliphatic heterocycles. The number of rotatable bonds is 7. The van der Waals surface area contributed by atoms with E-state index >= 15 is 0 Å². The molecule has 34 heavy (non-hydrogen) atoms. The largest absolute Gasteiger partial charge is 0.494 e. The van der Waals surface area contributed by atoms with Gasteiger partial charge in [0.05, 0.1) is 6.61 Å². The van der Waals surface area contributed by atoms with Gasteiger partial charge >= 0.3 is 0 Å². The van der Waals surface area contributed by atoms with Gasteiger partial charge in [0, 0.05) is 17.7 Å². The van der Waals surface area contributed by atoms with Crippen LogP contribution in [0.25, 0.3) is 11.1 Å². The van der Waals surface area contributed by atoms with Crippen molar-refractivity contribution in [2.75, 3.05) is 11.9 Å². The number of fused-ring (bicyclic) bond motifs is 1. The summed E-state index contributed by atoms with van der Waals surface area (Å²) in [7, 11) is 0. The molecule has 0 saturated carbocycles. The van der Waals surface area contributed by atoms with E-state index in [0.717, 1.165) is 22.4 Å². The quantitative estimate of drug-likeness (QED) is 0.317. The molecule has 0 atom stereocenters. The maximum atomic E-state index is 12.5. The van der Waals surface area contributed by atoms with E-state index in [1.54, 1.807) is 18.2 Å². The summed E-state index contributed by atoms with van der Waals surface area (Å²) >= 11 is 5.30. The minimum absolute atomic E-state index is 0.222. The topological polar surface area (TPSA) is 76.4 Å². The van der Waals surface area contributed by atoms with Crippen molar-refractivity contribution in [2.24, 2.45) is 0 Å². The molecular weight excluding hydrogens is 446 g/mol. The Kier molecular flexibility index (Phi) is 7.23. The standard InChI is InChI=1S/C27H27N3O3S/c1-4-32-22-7-5-6-20(15-22)26(31)30-27(34)28-21-11-8-18(9-12-21)14-25-29-23-16-19(17(2)3)10-13-24(23)33-25/h5-13,15-17H,4,14H2,1-3H3,(H2,28,30,31,34). The highest BCUT2D eigenvalue weighted by Crippen LogP contribution is 2.23. The Balaban J connectivity index is 1.35. The summed E-state index contributed by atoms with van der Waals surface area (Å²) in [5.74, 6) is 1.46. The van der Waals surface area contributed by atoms with Gasteiger partial charge in [0.25, 0.3) is 5.91 Å². The Morgan fingerprint density at radius 1 is 1.09 bits per heavy atom. The lowest BCUT2D eigenvalue weighted by Crippen LogP contribution is -2.34. The summed E-state index contributed by atoms with van der Waals surface area (Å²) in [4.78, 5) is 17.1. The van der Waals surface area contributed by atoms with E-state index in [1.807, 2.05) is 43.3 Å². The number of oxazole rings is 1. The average Bonchev–Trinajstić information content (AvgIpc) is 3.22. The number of ether oxygens (including phenoxy) is 1. The van der Waals surface area contributed by atoms with E-state index in [1.165, 1.54) is 5.56 Å². The zero-order valence-corrected chi connectivity index (χ0v) is 20.2. The third-order valence-corrected chi connectivity index (χ3v) is 5.53. The highest BCUT2D eigenvalue weighted by molar-refractivity contribution is 7.80. The minimum atomic E-state index is -0.299. The summed E-state index contributed by atoms with van der Waals surface area (Å²) in [6.45, 7) is 6.75. The van der Waals surface area contributed by atoms with E-state index in [2.05, 4.69) is 41.6 Å². The van der Waals surface area contributed by atoms with Crippen LogP contribution < -0.4 is 15.4 Å². The highest BCUT2D eigenvalue weighted by atomic mass is 32.1. The number of carbonyl (C=O) groups excluding carboxylic acids is 1. The average molecular weight is 474 g/mol. The lowest BCUT2D eigenvalue weighted by molar-refractivity contribution is 0.0977. The first-order valence-corrected chi connectivity index (χ1v) is 11.7.